The molecule has 2 rings (SSSR count). The monoisotopic (exact) mass is 204 g/mol. The van der Waals surface area contributed by atoms with Crippen LogP contribution in [0, 0.1) is 0 Å². The molecule has 0 aromatic carbocycles. The Labute approximate surface area is 79.4 Å². The molecule has 0 aromatic rings. The number of nitrogens with one attached hydrogen (secondary N) is 1. The zero-order valence-electron chi connectivity index (χ0n) is 7.70. The van der Waals surface area contributed by atoms with Crippen LogP contribution in [0.15, 0.2) is 0 Å². The van der Waals surface area contributed by atoms with Crippen LogP contribution in [0.3, 0.4) is 0 Å². The van der Waals surface area contributed by atoms with Gasteiger partial charge >= 0.3 is 0 Å². The molecule has 0 aromatic heterocycles. The molecule has 2 heterocycles. The lowest BCUT2D eigenvalue weighted by Crippen LogP contribution is -2.45. The smallest absolute Gasteiger partial charge is 0.214 e. The first-order valence-corrected chi connectivity index (χ1v) is 6.51. The highest BCUT2D eigenvalue weighted by Gasteiger charge is 2.33. The molecule has 0 radical (unpaired) electrons. The standard InChI is InChI=1S/C8H16N2O2S/c11-13(12)6-2-1-5-10(13)8-3-4-9-7-8/h8-9H,1-7H2. The Kier molecular flexibility index (Phi) is 2.58. The molecular formula is C8H16N2O2S. The number of sulfonamides is 1. The van der Waals surface area contributed by atoms with Crippen molar-refractivity contribution in [2.75, 3.05) is 25.4 Å². The molecule has 0 spiro atoms. The lowest BCUT2D eigenvalue weighted by atomic mass is 10.2. The molecule has 1 N–H and O–H groups in total. The average Bonchev–Trinajstić information content (AvgIpc) is 2.55. The molecule has 0 saturated carbocycles. The predicted molar refractivity (Wildman–Crippen MR) is 51.0 cm³/mol. The van der Waals surface area contributed by atoms with Crippen molar-refractivity contribution < 1.29 is 8.42 Å². The minimum absolute atomic E-state index is 0.227. The van der Waals surface area contributed by atoms with Crippen LogP contribution < -0.4 is 5.32 Å². The van der Waals surface area contributed by atoms with E-state index < -0.39 is 10.0 Å². The lowest BCUT2D eigenvalue weighted by Gasteiger charge is -2.30. The van der Waals surface area contributed by atoms with Crippen molar-refractivity contribution in [2.45, 2.75) is 25.3 Å². The minimum atomic E-state index is -2.91. The second-order valence-electron chi connectivity index (χ2n) is 3.78. The van der Waals surface area contributed by atoms with Gasteiger partial charge in [0.1, 0.15) is 0 Å². The van der Waals surface area contributed by atoms with Crippen LogP contribution in [0.2, 0.25) is 0 Å². The van der Waals surface area contributed by atoms with E-state index in [-0.39, 0.29) is 6.04 Å². The molecule has 5 heteroatoms. The van der Waals surface area contributed by atoms with Crippen LogP contribution in [-0.2, 0) is 10.0 Å². The molecule has 2 aliphatic heterocycles. The fraction of sp³-hybridized carbons (Fsp3) is 1.00. The second kappa shape index (κ2) is 3.55. The maximum absolute atomic E-state index is 11.7. The topological polar surface area (TPSA) is 49.4 Å². The zero-order valence-corrected chi connectivity index (χ0v) is 8.52. The Bertz CT molecular complexity index is 270. The van der Waals surface area contributed by atoms with Gasteiger partial charge in [0.25, 0.3) is 0 Å². The van der Waals surface area contributed by atoms with E-state index in [1.807, 2.05) is 0 Å². The number of rotatable bonds is 1. The van der Waals surface area contributed by atoms with E-state index in [9.17, 15) is 8.42 Å². The Hall–Kier alpha value is -0.130. The summed E-state index contributed by atoms with van der Waals surface area (Å²) in [5, 5.41) is 3.20. The third-order valence-electron chi connectivity index (χ3n) is 2.83. The summed E-state index contributed by atoms with van der Waals surface area (Å²) in [6.07, 6.45) is 2.83. The molecule has 0 bridgehead atoms. The third-order valence-corrected chi connectivity index (χ3v) is 4.83. The highest BCUT2D eigenvalue weighted by atomic mass is 32.2. The van der Waals surface area contributed by atoms with Crippen molar-refractivity contribution in [2.24, 2.45) is 0 Å². The Morgan fingerprint density at radius 3 is 2.77 bits per heavy atom. The van der Waals surface area contributed by atoms with Crippen molar-refractivity contribution in [3.05, 3.63) is 0 Å². The first-order chi connectivity index (χ1) is 6.20. The van der Waals surface area contributed by atoms with Gasteiger partial charge in [-0.25, -0.2) is 8.42 Å². The summed E-state index contributed by atoms with van der Waals surface area (Å²) >= 11 is 0. The summed E-state index contributed by atoms with van der Waals surface area (Å²) in [5.41, 5.74) is 0. The summed E-state index contributed by atoms with van der Waals surface area (Å²) < 4.78 is 25.0. The number of nitrogens with zero attached hydrogens (tertiary/aromatic N) is 1. The van der Waals surface area contributed by atoms with Gasteiger partial charge in [0.2, 0.25) is 10.0 Å². The normalized spacial score (nSPS) is 34.9. The quantitative estimate of drug-likeness (QED) is 0.642. The summed E-state index contributed by atoms with van der Waals surface area (Å²) in [6.45, 7) is 2.52. The summed E-state index contributed by atoms with van der Waals surface area (Å²) in [6, 6.07) is 0.227. The first-order valence-electron chi connectivity index (χ1n) is 4.90. The van der Waals surface area contributed by atoms with E-state index in [0.29, 0.717) is 5.75 Å². The molecule has 1 atom stereocenters. The van der Waals surface area contributed by atoms with Crippen molar-refractivity contribution in [3.63, 3.8) is 0 Å². The van der Waals surface area contributed by atoms with Crippen molar-refractivity contribution in [1.29, 1.82) is 0 Å². The summed E-state index contributed by atoms with van der Waals surface area (Å²) in [4.78, 5) is 0. The molecule has 2 saturated heterocycles. The van der Waals surface area contributed by atoms with Gasteiger partial charge in [0.05, 0.1) is 5.75 Å². The van der Waals surface area contributed by atoms with Crippen LogP contribution in [0.25, 0.3) is 0 Å². The molecular weight excluding hydrogens is 188 g/mol. The molecule has 4 nitrogen and oxygen atoms in total. The van der Waals surface area contributed by atoms with Crippen LogP contribution in [0.4, 0.5) is 0 Å². The molecule has 76 valence electrons. The second-order valence-corrected chi connectivity index (χ2v) is 5.82. The lowest BCUT2D eigenvalue weighted by molar-refractivity contribution is 0.316. The SMILES string of the molecule is O=S1(=O)CCCCN1C1CCNC1. The minimum Gasteiger partial charge on any atom is -0.315 e. The van der Waals surface area contributed by atoms with Gasteiger partial charge in [-0.15, -0.1) is 0 Å². The third kappa shape index (κ3) is 1.87. The maximum Gasteiger partial charge on any atom is 0.214 e. The molecule has 1 unspecified atom stereocenters. The molecule has 13 heavy (non-hydrogen) atoms. The maximum atomic E-state index is 11.7. The van der Waals surface area contributed by atoms with Crippen LogP contribution in [0.5, 0.6) is 0 Å². The molecule has 0 amide bonds. The number of hydrogen-bond acceptors (Lipinski definition) is 3. The Balaban J connectivity index is 2.11. The first kappa shape index (κ1) is 9.43. The Morgan fingerprint density at radius 2 is 2.15 bits per heavy atom. The van der Waals surface area contributed by atoms with Gasteiger partial charge in [0.15, 0.2) is 0 Å². The molecule has 2 aliphatic rings. The van der Waals surface area contributed by atoms with E-state index in [2.05, 4.69) is 5.32 Å². The summed E-state index contributed by atoms with van der Waals surface area (Å²) in [7, 11) is -2.91. The van der Waals surface area contributed by atoms with Crippen molar-refractivity contribution in [3.8, 4) is 0 Å². The van der Waals surface area contributed by atoms with Gasteiger partial charge in [-0.2, -0.15) is 4.31 Å². The largest absolute Gasteiger partial charge is 0.315 e. The van der Waals surface area contributed by atoms with Gasteiger partial charge in [-0.05, 0) is 25.8 Å². The fourth-order valence-corrected chi connectivity index (χ4v) is 3.95. The molecule has 2 fully saturated rings. The van der Waals surface area contributed by atoms with E-state index in [0.717, 1.165) is 38.9 Å². The van der Waals surface area contributed by atoms with Crippen LogP contribution >= 0.6 is 0 Å². The zero-order chi connectivity index (χ0) is 9.31. The van der Waals surface area contributed by atoms with Crippen molar-refractivity contribution >= 4 is 10.0 Å². The van der Waals surface area contributed by atoms with Crippen LogP contribution in [-0.4, -0.2) is 44.2 Å². The van der Waals surface area contributed by atoms with Gasteiger partial charge in [0, 0.05) is 19.1 Å². The van der Waals surface area contributed by atoms with Crippen molar-refractivity contribution in [1.82, 2.24) is 9.62 Å². The van der Waals surface area contributed by atoms with Gasteiger partial charge in [-0.1, -0.05) is 0 Å². The average molecular weight is 204 g/mol. The number of hydrogen-bond donors (Lipinski definition) is 1. The van der Waals surface area contributed by atoms with E-state index in [1.165, 1.54) is 0 Å². The highest BCUT2D eigenvalue weighted by Crippen LogP contribution is 2.19. The van der Waals surface area contributed by atoms with E-state index in [1.54, 1.807) is 4.31 Å². The van der Waals surface area contributed by atoms with Crippen LogP contribution in [0.1, 0.15) is 19.3 Å². The van der Waals surface area contributed by atoms with Gasteiger partial charge < -0.3 is 5.32 Å². The van der Waals surface area contributed by atoms with Gasteiger partial charge in [-0.3, -0.25) is 0 Å². The Morgan fingerprint density at radius 1 is 1.31 bits per heavy atom. The van der Waals surface area contributed by atoms with E-state index in [4.69, 9.17) is 0 Å². The highest BCUT2D eigenvalue weighted by molar-refractivity contribution is 7.89. The predicted octanol–water partition coefficient (Wildman–Crippen LogP) is -0.226. The fourth-order valence-electron chi connectivity index (χ4n) is 2.10. The summed E-state index contributed by atoms with van der Waals surface area (Å²) in [5.74, 6) is 0.351. The molecule has 0 aliphatic carbocycles. The van der Waals surface area contributed by atoms with E-state index >= 15 is 0 Å².